The van der Waals surface area contributed by atoms with Gasteiger partial charge in [0.1, 0.15) is 5.54 Å². The molecular formula is C17H21NO2S. The van der Waals surface area contributed by atoms with E-state index in [-0.39, 0.29) is 5.97 Å². The lowest BCUT2D eigenvalue weighted by Gasteiger charge is -2.25. The average molecular weight is 303 g/mol. The van der Waals surface area contributed by atoms with E-state index in [2.05, 4.69) is 35.6 Å². The van der Waals surface area contributed by atoms with Crippen LogP contribution in [0.3, 0.4) is 0 Å². The van der Waals surface area contributed by atoms with Gasteiger partial charge in [0.25, 0.3) is 0 Å². The van der Waals surface area contributed by atoms with Crippen molar-refractivity contribution in [1.29, 1.82) is 0 Å². The summed E-state index contributed by atoms with van der Waals surface area (Å²) in [5.74, 6) is 0.634. The molecule has 0 aliphatic heterocycles. The Kier molecular flexibility index (Phi) is 5.26. The summed E-state index contributed by atoms with van der Waals surface area (Å²) in [5.41, 5.74) is -0.626. The van der Waals surface area contributed by atoms with E-state index in [9.17, 15) is 4.79 Å². The van der Waals surface area contributed by atoms with E-state index in [0.717, 1.165) is 5.75 Å². The van der Waals surface area contributed by atoms with Crippen LogP contribution in [-0.4, -0.2) is 31.4 Å². The topological polar surface area (TPSA) is 38.3 Å². The second kappa shape index (κ2) is 6.96. The second-order valence-electron chi connectivity index (χ2n) is 5.18. The first-order valence-electron chi connectivity index (χ1n) is 6.98. The van der Waals surface area contributed by atoms with Crippen LogP contribution in [0.4, 0.5) is 0 Å². The second-order valence-corrected chi connectivity index (χ2v) is 6.35. The Hall–Kier alpha value is -1.52. The molecule has 3 nitrogen and oxygen atoms in total. The van der Waals surface area contributed by atoms with Crippen molar-refractivity contribution in [2.75, 3.05) is 19.9 Å². The van der Waals surface area contributed by atoms with Gasteiger partial charge in [-0.05, 0) is 43.3 Å². The Morgan fingerprint density at radius 1 is 1.24 bits per heavy atom. The minimum Gasteiger partial charge on any atom is -0.468 e. The highest BCUT2D eigenvalue weighted by Crippen LogP contribution is 2.26. The molecule has 1 atom stereocenters. The Labute approximate surface area is 130 Å². The summed E-state index contributed by atoms with van der Waals surface area (Å²) in [7, 11) is 3.21. The number of carbonyl (C=O) groups excluding carboxylic acids is 1. The van der Waals surface area contributed by atoms with Gasteiger partial charge in [-0.15, -0.1) is 11.8 Å². The largest absolute Gasteiger partial charge is 0.468 e. The predicted molar refractivity (Wildman–Crippen MR) is 88.8 cm³/mol. The standard InChI is InChI=1S/C17H21NO2S/c1-17(18-2,16(19)20-3)10-11-21-15-9-8-13-6-4-5-7-14(13)12-15/h4-9,12,18H,10-11H2,1-3H3. The molecule has 2 aromatic carbocycles. The van der Waals surface area contributed by atoms with Crippen molar-refractivity contribution in [1.82, 2.24) is 5.32 Å². The van der Waals surface area contributed by atoms with Crippen molar-refractivity contribution >= 4 is 28.5 Å². The fraction of sp³-hybridized carbons (Fsp3) is 0.353. The van der Waals surface area contributed by atoms with Gasteiger partial charge in [0.2, 0.25) is 0 Å². The molecule has 0 amide bonds. The SMILES string of the molecule is CNC(C)(CCSc1ccc2ccccc2c1)C(=O)OC. The summed E-state index contributed by atoms with van der Waals surface area (Å²) < 4.78 is 4.86. The van der Waals surface area contributed by atoms with Crippen molar-refractivity contribution in [2.24, 2.45) is 0 Å². The molecule has 21 heavy (non-hydrogen) atoms. The quantitative estimate of drug-likeness (QED) is 0.655. The minimum absolute atomic E-state index is 0.218. The molecule has 1 unspecified atom stereocenters. The smallest absolute Gasteiger partial charge is 0.325 e. The molecule has 4 heteroatoms. The van der Waals surface area contributed by atoms with Gasteiger partial charge in [0.15, 0.2) is 0 Å². The normalized spacial score (nSPS) is 13.9. The summed E-state index contributed by atoms with van der Waals surface area (Å²) in [4.78, 5) is 13.0. The lowest BCUT2D eigenvalue weighted by molar-refractivity contribution is -0.147. The van der Waals surface area contributed by atoms with Gasteiger partial charge in [0.05, 0.1) is 7.11 Å². The zero-order chi connectivity index (χ0) is 15.3. The van der Waals surface area contributed by atoms with Crippen LogP contribution in [0, 0.1) is 0 Å². The fourth-order valence-electron chi connectivity index (χ4n) is 2.18. The number of ether oxygens (including phenoxy) is 1. The van der Waals surface area contributed by atoms with Crippen molar-refractivity contribution in [3.05, 3.63) is 42.5 Å². The Bertz CT molecular complexity index is 629. The van der Waals surface area contributed by atoms with Gasteiger partial charge in [-0.2, -0.15) is 0 Å². The number of benzene rings is 2. The maximum absolute atomic E-state index is 11.8. The Morgan fingerprint density at radius 2 is 1.95 bits per heavy atom. The van der Waals surface area contributed by atoms with E-state index >= 15 is 0 Å². The number of rotatable bonds is 6. The fourth-order valence-corrected chi connectivity index (χ4v) is 3.31. The molecule has 2 rings (SSSR count). The lowest BCUT2D eigenvalue weighted by atomic mass is 10.00. The van der Waals surface area contributed by atoms with Gasteiger partial charge in [0, 0.05) is 10.6 Å². The predicted octanol–water partition coefficient (Wildman–Crippen LogP) is 3.47. The van der Waals surface area contributed by atoms with Crippen LogP contribution in [0.25, 0.3) is 10.8 Å². The van der Waals surface area contributed by atoms with Gasteiger partial charge in [-0.25, -0.2) is 0 Å². The van der Waals surface area contributed by atoms with E-state index in [0.29, 0.717) is 6.42 Å². The van der Waals surface area contributed by atoms with Crippen LogP contribution in [0.2, 0.25) is 0 Å². The molecule has 2 aromatic rings. The first-order valence-corrected chi connectivity index (χ1v) is 7.96. The summed E-state index contributed by atoms with van der Waals surface area (Å²) in [5, 5.41) is 5.55. The van der Waals surface area contributed by atoms with Gasteiger partial charge >= 0.3 is 5.97 Å². The number of carbonyl (C=O) groups is 1. The van der Waals surface area contributed by atoms with Crippen LogP contribution in [0.15, 0.2) is 47.4 Å². The molecule has 0 heterocycles. The summed E-state index contributed by atoms with van der Waals surface area (Å²) in [6.07, 6.45) is 0.716. The first kappa shape index (κ1) is 15.9. The third-order valence-corrected chi connectivity index (χ3v) is 4.77. The van der Waals surface area contributed by atoms with E-state index in [4.69, 9.17) is 4.74 Å². The molecule has 0 aromatic heterocycles. The van der Waals surface area contributed by atoms with Crippen LogP contribution in [-0.2, 0) is 9.53 Å². The molecule has 0 spiro atoms. The molecular weight excluding hydrogens is 282 g/mol. The van der Waals surface area contributed by atoms with E-state index in [1.165, 1.54) is 22.8 Å². The number of likely N-dealkylation sites (N-methyl/N-ethyl adjacent to an activating group) is 1. The lowest BCUT2D eigenvalue weighted by Crippen LogP contribution is -2.48. The van der Waals surface area contributed by atoms with E-state index in [1.54, 1.807) is 18.8 Å². The molecule has 0 saturated heterocycles. The third-order valence-electron chi connectivity index (χ3n) is 3.78. The molecule has 0 fully saturated rings. The molecule has 0 aliphatic rings. The molecule has 112 valence electrons. The highest BCUT2D eigenvalue weighted by Gasteiger charge is 2.31. The van der Waals surface area contributed by atoms with Gasteiger partial charge in [-0.3, -0.25) is 4.79 Å². The third kappa shape index (κ3) is 3.77. The Morgan fingerprint density at radius 3 is 2.62 bits per heavy atom. The maximum Gasteiger partial charge on any atom is 0.325 e. The van der Waals surface area contributed by atoms with Crippen LogP contribution >= 0.6 is 11.8 Å². The zero-order valence-electron chi connectivity index (χ0n) is 12.7. The molecule has 0 aliphatic carbocycles. The molecule has 0 radical (unpaired) electrons. The highest BCUT2D eigenvalue weighted by molar-refractivity contribution is 7.99. The first-order chi connectivity index (χ1) is 10.1. The summed E-state index contributed by atoms with van der Waals surface area (Å²) in [6, 6.07) is 14.8. The number of esters is 1. The van der Waals surface area contributed by atoms with Crippen LogP contribution in [0.5, 0.6) is 0 Å². The maximum atomic E-state index is 11.8. The molecule has 0 bridgehead atoms. The van der Waals surface area contributed by atoms with Crippen LogP contribution < -0.4 is 5.32 Å². The average Bonchev–Trinajstić information content (AvgIpc) is 2.53. The van der Waals surface area contributed by atoms with Crippen molar-refractivity contribution < 1.29 is 9.53 Å². The van der Waals surface area contributed by atoms with Crippen LogP contribution in [0.1, 0.15) is 13.3 Å². The number of fused-ring (bicyclic) bond motifs is 1. The van der Waals surface area contributed by atoms with Gasteiger partial charge in [-0.1, -0.05) is 30.3 Å². The Balaban J connectivity index is 2.00. The van der Waals surface area contributed by atoms with E-state index < -0.39 is 5.54 Å². The number of thioether (sulfide) groups is 1. The minimum atomic E-state index is -0.626. The van der Waals surface area contributed by atoms with E-state index in [1.807, 2.05) is 19.1 Å². The van der Waals surface area contributed by atoms with Crippen molar-refractivity contribution in [3.8, 4) is 0 Å². The number of hydrogen-bond donors (Lipinski definition) is 1. The summed E-state index contributed by atoms with van der Waals surface area (Å²) >= 11 is 1.76. The van der Waals surface area contributed by atoms with Crippen molar-refractivity contribution in [2.45, 2.75) is 23.8 Å². The highest BCUT2D eigenvalue weighted by atomic mass is 32.2. The van der Waals surface area contributed by atoms with Gasteiger partial charge < -0.3 is 10.1 Å². The summed E-state index contributed by atoms with van der Waals surface area (Å²) in [6.45, 7) is 1.87. The molecule has 1 N–H and O–H groups in total. The number of methoxy groups -OCH3 is 1. The number of nitrogens with one attached hydrogen (secondary N) is 1. The van der Waals surface area contributed by atoms with Crippen molar-refractivity contribution in [3.63, 3.8) is 0 Å². The molecule has 0 saturated carbocycles. The monoisotopic (exact) mass is 303 g/mol. The number of hydrogen-bond acceptors (Lipinski definition) is 4. The zero-order valence-corrected chi connectivity index (χ0v) is 13.5.